The van der Waals surface area contributed by atoms with Gasteiger partial charge in [0.05, 0.1) is 11.0 Å². The first-order valence-electron chi connectivity index (χ1n) is 18.7. The highest BCUT2D eigenvalue weighted by molar-refractivity contribution is 6.13. The number of rotatable bonds is 8. The Morgan fingerprint density at radius 3 is 1.93 bits per heavy atom. The van der Waals surface area contributed by atoms with E-state index in [1.807, 2.05) is 30.3 Å². The number of unbranched alkanes of at least 4 members (excludes halogenated alkanes) is 1. The van der Waals surface area contributed by atoms with Gasteiger partial charge in [0.25, 0.3) is 0 Å². The maximum atomic E-state index is 6.42. The molecule has 10 aromatic rings. The molecule has 0 saturated heterocycles. The van der Waals surface area contributed by atoms with Crippen LogP contribution in [0.5, 0.6) is 0 Å². The molecular weight excluding hydrogens is 661 g/mol. The van der Waals surface area contributed by atoms with E-state index in [0.29, 0.717) is 17.5 Å². The first-order valence-corrected chi connectivity index (χ1v) is 18.7. The van der Waals surface area contributed by atoms with E-state index in [0.717, 1.165) is 85.7 Å². The van der Waals surface area contributed by atoms with Crippen molar-refractivity contribution < 1.29 is 4.42 Å². The van der Waals surface area contributed by atoms with Crippen LogP contribution in [0.4, 0.5) is 0 Å². The molecular formula is C49H36N4O. The third-order valence-electron chi connectivity index (χ3n) is 10.4. The maximum absolute atomic E-state index is 6.42. The Balaban J connectivity index is 1.07. The Bertz CT molecular complexity index is 2980. The quantitative estimate of drug-likeness (QED) is 0.159. The molecule has 0 N–H and O–H groups in total. The molecule has 0 spiro atoms. The number of furan rings is 1. The molecule has 0 bridgehead atoms. The van der Waals surface area contributed by atoms with Crippen LogP contribution in [0.1, 0.15) is 25.3 Å². The highest BCUT2D eigenvalue weighted by atomic mass is 16.3. The summed E-state index contributed by atoms with van der Waals surface area (Å²) in [6.07, 6.45) is 3.35. The van der Waals surface area contributed by atoms with Crippen LogP contribution in [0.15, 0.2) is 168 Å². The number of benzene rings is 7. The molecule has 3 heterocycles. The van der Waals surface area contributed by atoms with Crippen molar-refractivity contribution in [2.24, 2.45) is 0 Å². The second kappa shape index (κ2) is 13.3. The van der Waals surface area contributed by atoms with Crippen molar-refractivity contribution in [1.29, 1.82) is 0 Å². The summed E-state index contributed by atoms with van der Waals surface area (Å²) < 4.78 is 8.77. The van der Waals surface area contributed by atoms with E-state index in [1.165, 1.54) is 16.3 Å². The van der Waals surface area contributed by atoms with Gasteiger partial charge < -0.3 is 8.98 Å². The predicted octanol–water partition coefficient (Wildman–Crippen LogP) is 12.9. The third-order valence-corrected chi connectivity index (χ3v) is 10.4. The minimum Gasteiger partial charge on any atom is -0.455 e. The molecule has 0 amide bonds. The summed E-state index contributed by atoms with van der Waals surface area (Å²) in [7, 11) is 0. The first kappa shape index (κ1) is 31.9. The van der Waals surface area contributed by atoms with Crippen LogP contribution < -0.4 is 0 Å². The van der Waals surface area contributed by atoms with Gasteiger partial charge in [-0.15, -0.1) is 0 Å². The maximum Gasteiger partial charge on any atom is 0.164 e. The highest BCUT2D eigenvalue weighted by Gasteiger charge is 2.17. The van der Waals surface area contributed by atoms with Gasteiger partial charge in [0.1, 0.15) is 11.2 Å². The Morgan fingerprint density at radius 1 is 0.481 bits per heavy atom. The predicted molar refractivity (Wildman–Crippen MR) is 222 cm³/mol. The van der Waals surface area contributed by atoms with Crippen molar-refractivity contribution in [2.75, 3.05) is 0 Å². The fraction of sp³-hybridized carbons (Fsp3) is 0.0816. The minimum atomic E-state index is 0.649. The molecule has 5 heteroatoms. The number of nitrogens with zero attached hydrogens (tertiary/aromatic N) is 4. The Labute approximate surface area is 313 Å². The summed E-state index contributed by atoms with van der Waals surface area (Å²) in [6.45, 7) is 2.22. The van der Waals surface area contributed by atoms with Gasteiger partial charge >= 0.3 is 0 Å². The average Bonchev–Trinajstić information content (AvgIpc) is 3.79. The van der Waals surface area contributed by atoms with Crippen molar-refractivity contribution >= 4 is 43.7 Å². The monoisotopic (exact) mass is 696 g/mol. The van der Waals surface area contributed by atoms with Crippen molar-refractivity contribution in [1.82, 2.24) is 19.5 Å². The molecule has 0 saturated carbocycles. The van der Waals surface area contributed by atoms with Crippen LogP contribution in [0.25, 0.3) is 94.7 Å². The van der Waals surface area contributed by atoms with Gasteiger partial charge in [0, 0.05) is 49.5 Å². The lowest BCUT2D eigenvalue weighted by Gasteiger charge is -2.11. The molecule has 54 heavy (non-hydrogen) atoms. The lowest BCUT2D eigenvalue weighted by atomic mass is 10.0. The topological polar surface area (TPSA) is 56.7 Å². The molecule has 0 aliphatic carbocycles. The Hall–Kier alpha value is -6.85. The van der Waals surface area contributed by atoms with Crippen molar-refractivity contribution in [3.63, 3.8) is 0 Å². The Morgan fingerprint density at radius 2 is 1.11 bits per heavy atom. The molecule has 258 valence electrons. The zero-order valence-corrected chi connectivity index (χ0v) is 29.9. The molecule has 0 aliphatic heterocycles. The summed E-state index contributed by atoms with van der Waals surface area (Å²) >= 11 is 0. The first-order chi connectivity index (χ1) is 26.7. The van der Waals surface area contributed by atoms with Crippen molar-refractivity contribution in [3.05, 3.63) is 169 Å². The molecule has 0 unspecified atom stereocenters. The van der Waals surface area contributed by atoms with E-state index >= 15 is 0 Å². The SMILES string of the molecule is CCCCc1cccc(-c2nc(-c3ccccc3)nc(-c3ccc(-n4c5ccccc5c5cc(-c6cccc7c6oc6ccccc67)ccc54)cc3)n2)c1. The molecule has 0 aliphatic rings. The lowest BCUT2D eigenvalue weighted by molar-refractivity contribution is 0.670. The molecule has 3 aromatic heterocycles. The number of hydrogen-bond donors (Lipinski definition) is 0. The number of fused-ring (bicyclic) bond motifs is 6. The fourth-order valence-electron chi connectivity index (χ4n) is 7.75. The van der Waals surface area contributed by atoms with Crippen LogP contribution in [0.3, 0.4) is 0 Å². The van der Waals surface area contributed by atoms with E-state index < -0.39 is 0 Å². The van der Waals surface area contributed by atoms with E-state index in [4.69, 9.17) is 19.4 Å². The van der Waals surface area contributed by atoms with Crippen LogP contribution >= 0.6 is 0 Å². The van der Waals surface area contributed by atoms with Gasteiger partial charge in [-0.2, -0.15) is 0 Å². The average molecular weight is 697 g/mol. The fourth-order valence-corrected chi connectivity index (χ4v) is 7.75. The summed E-state index contributed by atoms with van der Waals surface area (Å²) in [5.74, 6) is 1.99. The van der Waals surface area contributed by atoms with Crippen molar-refractivity contribution in [3.8, 4) is 51.0 Å². The molecule has 0 fully saturated rings. The van der Waals surface area contributed by atoms with Crippen LogP contribution in [0.2, 0.25) is 0 Å². The van der Waals surface area contributed by atoms with Gasteiger partial charge in [-0.1, -0.05) is 123 Å². The lowest BCUT2D eigenvalue weighted by Crippen LogP contribution is -2.01. The minimum absolute atomic E-state index is 0.649. The standard InChI is InChI=1S/C49H36N4O/c1-2-3-13-32-14-11-17-36(30-32)49-51-47(33-15-5-4-6-16-33)50-48(52-49)34-24-27-37(28-25-34)53-43-22-9-7-18-39(43)42-31-35(26-29-44(42)53)38-20-12-21-41-40-19-8-10-23-45(40)54-46(38)41/h4-12,14-31H,2-3,13H2,1H3. The van der Waals surface area contributed by atoms with E-state index in [-0.39, 0.29) is 0 Å². The van der Waals surface area contributed by atoms with Crippen molar-refractivity contribution in [2.45, 2.75) is 26.2 Å². The van der Waals surface area contributed by atoms with Gasteiger partial charge in [-0.25, -0.2) is 15.0 Å². The van der Waals surface area contributed by atoms with Gasteiger partial charge in [-0.05, 0) is 78.6 Å². The number of para-hydroxylation sites is 3. The molecule has 0 atom stereocenters. The van der Waals surface area contributed by atoms with Crippen LogP contribution in [-0.2, 0) is 6.42 Å². The highest BCUT2D eigenvalue weighted by Crippen LogP contribution is 2.39. The van der Waals surface area contributed by atoms with Gasteiger partial charge in [0.15, 0.2) is 17.5 Å². The summed E-state index contributed by atoms with van der Waals surface area (Å²) in [6, 6.07) is 57.4. The largest absolute Gasteiger partial charge is 0.455 e. The zero-order valence-electron chi connectivity index (χ0n) is 29.9. The second-order valence-corrected chi connectivity index (χ2v) is 13.9. The van der Waals surface area contributed by atoms with E-state index in [2.05, 4.69) is 145 Å². The molecule has 0 radical (unpaired) electrons. The molecule has 10 rings (SSSR count). The number of hydrogen-bond acceptors (Lipinski definition) is 4. The van der Waals surface area contributed by atoms with E-state index in [9.17, 15) is 0 Å². The normalized spacial score (nSPS) is 11.6. The summed E-state index contributed by atoms with van der Waals surface area (Å²) in [5.41, 5.74) is 11.6. The molecule has 5 nitrogen and oxygen atoms in total. The third kappa shape index (κ3) is 5.53. The number of aryl methyl sites for hydroxylation is 1. The summed E-state index contributed by atoms with van der Waals surface area (Å²) in [5, 5.41) is 4.66. The number of aromatic nitrogens is 4. The Kier molecular flexibility index (Phi) is 7.84. The summed E-state index contributed by atoms with van der Waals surface area (Å²) in [4.78, 5) is 15.0. The van der Waals surface area contributed by atoms with Gasteiger partial charge in [0.2, 0.25) is 0 Å². The van der Waals surface area contributed by atoms with Crippen LogP contribution in [-0.4, -0.2) is 19.5 Å². The molecule has 7 aromatic carbocycles. The zero-order chi connectivity index (χ0) is 36.0. The second-order valence-electron chi connectivity index (χ2n) is 13.9. The van der Waals surface area contributed by atoms with E-state index in [1.54, 1.807) is 0 Å². The van der Waals surface area contributed by atoms with Crippen LogP contribution in [0, 0.1) is 0 Å². The van der Waals surface area contributed by atoms with Gasteiger partial charge in [-0.3, -0.25) is 0 Å². The smallest absolute Gasteiger partial charge is 0.164 e.